The molecule has 7 nitrogen and oxygen atoms in total. The second-order valence-corrected chi connectivity index (χ2v) is 9.58. The maximum atomic E-state index is 13.1. The average molecular weight is 526 g/mol. The van der Waals surface area contributed by atoms with Crippen molar-refractivity contribution in [2.45, 2.75) is 26.7 Å². The zero-order valence-corrected chi connectivity index (χ0v) is 22.2. The molecule has 9 heteroatoms. The fourth-order valence-electron chi connectivity index (χ4n) is 3.82. The Morgan fingerprint density at radius 2 is 1.89 bits per heavy atom. The molecule has 188 valence electrons. The molecule has 1 atom stereocenters. The highest BCUT2D eigenvalue weighted by molar-refractivity contribution is 8.03. The fourth-order valence-corrected chi connectivity index (χ4v) is 4.96. The molecule has 0 unspecified atom stereocenters. The number of ether oxygens (including phenoxy) is 2. The van der Waals surface area contributed by atoms with Gasteiger partial charge in [-0.1, -0.05) is 53.7 Å². The third kappa shape index (κ3) is 6.30. The Labute approximate surface area is 220 Å². The SMILES string of the molecule is COCCOC(=O)C1=C(C)NC(SCC(=O)Nc2cccc(C)c2C)=C(C#N)[C@@H]1c1ccccc1Cl. The Morgan fingerprint density at radius 3 is 2.58 bits per heavy atom. The van der Waals surface area contributed by atoms with Crippen molar-refractivity contribution in [1.82, 2.24) is 5.32 Å². The Kier molecular flexibility index (Phi) is 9.59. The van der Waals surface area contributed by atoms with Crippen molar-refractivity contribution >= 4 is 40.9 Å². The molecule has 0 bridgehead atoms. The maximum absolute atomic E-state index is 13.1. The van der Waals surface area contributed by atoms with Gasteiger partial charge in [0.1, 0.15) is 6.61 Å². The summed E-state index contributed by atoms with van der Waals surface area (Å²) < 4.78 is 10.4. The van der Waals surface area contributed by atoms with Crippen molar-refractivity contribution in [1.29, 1.82) is 5.26 Å². The van der Waals surface area contributed by atoms with Crippen LogP contribution in [0.1, 0.15) is 29.5 Å². The summed E-state index contributed by atoms with van der Waals surface area (Å²) in [7, 11) is 1.52. The van der Waals surface area contributed by atoms with Gasteiger partial charge in [0.2, 0.25) is 5.91 Å². The van der Waals surface area contributed by atoms with Crippen molar-refractivity contribution < 1.29 is 19.1 Å². The number of anilines is 1. The van der Waals surface area contributed by atoms with Gasteiger partial charge in [0.25, 0.3) is 0 Å². The molecule has 0 fully saturated rings. The Bertz CT molecular complexity index is 1270. The van der Waals surface area contributed by atoms with Crippen LogP contribution < -0.4 is 10.6 Å². The van der Waals surface area contributed by atoms with Crippen LogP contribution in [0.2, 0.25) is 5.02 Å². The molecular formula is C27H28ClN3O4S. The van der Waals surface area contributed by atoms with Gasteiger partial charge in [-0.2, -0.15) is 5.26 Å². The van der Waals surface area contributed by atoms with Gasteiger partial charge in [-0.25, -0.2) is 4.79 Å². The lowest BCUT2D eigenvalue weighted by Crippen LogP contribution is -2.30. The van der Waals surface area contributed by atoms with Crippen LogP contribution in [0.15, 0.2) is 64.3 Å². The molecule has 0 aliphatic carbocycles. The van der Waals surface area contributed by atoms with E-state index < -0.39 is 11.9 Å². The van der Waals surface area contributed by atoms with Crippen molar-refractivity contribution in [2.24, 2.45) is 0 Å². The van der Waals surface area contributed by atoms with E-state index in [2.05, 4.69) is 16.7 Å². The number of carbonyl (C=O) groups is 2. The van der Waals surface area contributed by atoms with E-state index in [9.17, 15) is 14.9 Å². The highest BCUT2D eigenvalue weighted by atomic mass is 35.5. The maximum Gasteiger partial charge on any atom is 0.336 e. The Hall–Kier alpha value is -3.25. The van der Waals surface area contributed by atoms with E-state index in [1.54, 1.807) is 31.2 Å². The number of thioether (sulfide) groups is 1. The van der Waals surface area contributed by atoms with Crippen LogP contribution in [0.4, 0.5) is 5.69 Å². The van der Waals surface area contributed by atoms with E-state index in [4.69, 9.17) is 21.1 Å². The molecule has 2 aromatic rings. The van der Waals surface area contributed by atoms with Crippen LogP contribution in [-0.2, 0) is 19.1 Å². The lowest BCUT2D eigenvalue weighted by molar-refractivity contribution is -0.140. The molecule has 1 aliphatic heterocycles. The average Bonchev–Trinajstić information content (AvgIpc) is 2.85. The van der Waals surface area contributed by atoms with Gasteiger partial charge in [0.15, 0.2) is 0 Å². The van der Waals surface area contributed by atoms with Gasteiger partial charge in [0.05, 0.1) is 40.5 Å². The quantitative estimate of drug-likeness (QED) is 0.342. The number of hydrogen-bond donors (Lipinski definition) is 2. The summed E-state index contributed by atoms with van der Waals surface area (Å²) in [6.45, 7) is 6.00. The molecule has 3 rings (SSSR count). The van der Waals surface area contributed by atoms with Crippen LogP contribution in [0, 0.1) is 25.2 Å². The van der Waals surface area contributed by atoms with E-state index in [0.717, 1.165) is 16.8 Å². The number of carbonyl (C=O) groups excluding carboxylic acids is 2. The number of methoxy groups -OCH3 is 1. The van der Waals surface area contributed by atoms with Crippen LogP contribution >= 0.6 is 23.4 Å². The minimum absolute atomic E-state index is 0.0665. The van der Waals surface area contributed by atoms with Gasteiger partial charge >= 0.3 is 5.97 Å². The number of aryl methyl sites for hydroxylation is 1. The number of dihydropyridines is 1. The first-order chi connectivity index (χ1) is 17.3. The minimum atomic E-state index is -0.746. The molecular weight excluding hydrogens is 498 g/mol. The van der Waals surface area contributed by atoms with Gasteiger partial charge in [-0.3, -0.25) is 4.79 Å². The van der Waals surface area contributed by atoms with E-state index in [1.807, 2.05) is 32.0 Å². The zero-order chi connectivity index (χ0) is 26.2. The number of esters is 1. The highest BCUT2D eigenvalue weighted by Gasteiger charge is 2.36. The number of rotatable bonds is 9. The molecule has 36 heavy (non-hydrogen) atoms. The van der Waals surface area contributed by atoms with Crippen LogP contribution in [0.25, 0.3) is 0 Å². The normalized spacial score (nSPS) is 15.3. The standard InChI is InChI=1S/C27H28ClN3O4S/c1-16-8-7-11-22(17(16)2)31-23(32)15-36-26-20(14-29)25(19-9-5-6-10-21(19)28)24(18(3)30-26)27(33)35-13-12-34-4/h5-11,25,30H,12-13,15H2,1-4H3,(H,31,32)/t25-/m0/s1. The molecule has 0 saturated heterocycles. The molecule has 0 saturated carbocycles. The van der Waals surface area contributed by atoms with E-state index in [0.29, 0.717) is 26.9 Å². The highest BCUT2D eigenvalue weighted by Crippen LogP contribution is 2.43. The topological polar surface area (TPSA) is 100 Å². The number of amides is 1. The summed E-state index contributed by atoms with van der Waals surface area (Å²) in [6.07, 6.45) is 0. The number of nitrogens with one attached hydrogen (secondary N) is 2. The van der Waals surface area contributed by atoms with Crippen molar-refractivity contribution in [3.05, 3.63) is 86.0 Å². The summed E-state index contributed by atoms with van der Waals surface area (Å²) in [5, 5.41) is 17.1. The first-order valence-electron chi connectivity index (χ1n) is 11.3. The molecule has 2 N–H and O–H groups in total. The molecule has 1 aliphatic rings. The molecule has 1 heterocycles. The summed E-state index contributed by atoms with van der Waals surface area (Å²) in [6, 6.07) is 15.0. The predicted molar refractivity (Wildman–Crippen MR) is 143 cm³/mol. The summed E-state index contributed by atoms with van der Waals surface area (Å²) in [5.74, 6) is -1.45. The van der Waals surface area contributed by atoms with Gasteiger partial charge < -0.3 is 20.1 Å². The number of benzene rings is 2. The number of allylic oxidation sites excluding steroid dienone is 2. The largest absolute Gasteiger partial charge is 0.460 e. The first kappa shape index (κ1) is 27.3. The first-order valence-corrected chi connectivity index (χ1v) is 12.7. The summed E-state index contributed by atoms with van der Waals surface area (Å²) in [5.41, 5.74) is 4.54. The zero-order valence-electron chi connectivity index (χ0n) is 20.6. The Balaban J connectivity index is 1.90. The molecule has 0 aromatic heterocycles. The van der Waals surface area contributed by atoms with Crippen molar-refractivity contribution in [3.8, 4) is 6.07 Å². The fraction of sp³-hybridized carbons (Fsp3) is 0.296. The third-order valence-electron chi connectivity index (χ3n) is 5.83. The minimum Gasteiger partial charge on any atom is -0.460 e. The van der Waals surface area contributed by atoms with E-state index >= 15 is 0 Å². The smallest absolute Gasteiger partial charge is 0.336 e. The number of halogens is 1. The second kappa shape index (κ2) is 12.6. The van der Waals surface area contributed by atoms with Gasteiger partial charge in [0, 0.05) is 23.5 Å². The number of hydrogen-bond acceptors (Lipinski definition) is 7. The predicted octanol–water partition coefficient (Wildman–Crippen LogP) is 5.21. The number of nitrogens with zero attached hydrogens (tertiary/aromatic N) is 1. The summed E-state index contributed by atoms with van der Waals surface area (Å²) in [4.78, 5) is 25.8. The monoisotopic (exact) mass is 525 g/mol. The van der Waals surface area contributed by atoms with E-state index in [1.165, 1.54) is 18.9 Å². The lowest BCUT2D eigenvalue weighted by Gasteiger charge is -2.29. The lowest BCUT2D eigenvalue weighted by atomic mass is 9.82. The Morgan fingerprint density at radius 1 is 1.14 bits per heavy atom. The van der Waals surface area contributed by atoms with Crippen molar-refractivity contribution in [3.63, 3.8) is 0 Å². The molecule has 0 radical (unpaired) electrons. The molecule has 1 amide bonds. The van der Waals surface area contributed by atoms with Crippen LogP contribution in [-0.4, -0.2) is 38.0 Å². The van der Waals surface area contributed by atoms with Crippen LogP contribution in [0.3, 0.4) is 0 Å². The molecule has 2 aromatic carbocycles. The van der Waals surface area contributed by atoms with Crippen molar-refractivity contribution in [2.75, 3.05) is 31.4 Å². The van der Waals surface area contributed by atoms with Gasteiger partial charge in [-0.05, 0) is 49.6 Å². The summed E-state index contributed by atoms with van der Waals surface area (Å²) >= 11 is 7.69. The molecule has 0 spiro atoms. The number of nitriles is 1. The third-order valence-corrected chi connectivity index (χ3v) is 7.19. The van der Waals surface area contributed by atoms with Crippen LogP contribution in [0.5, 0.6) is 0 Å². The van der Waals surface area contributed by atoms with E-state index in [-0.39, 0.29) is 30.4 Å². The van der Waals surface area contributed by atoms with Gasteiger partial charge in [-0.15, -0.1) is 0 Å². The second-order valence-electron chi connectivity index (χ2n) is 8.19.